The van der Waals surface area contributed by atoms with Crippen LogP contribution in [0.2, 0.25) is 0 Å². The number of rotatable bonds is 7. The summed E-state index contributed by atoms with van der Waals surface area (Å²) in [5.74, 6) is -0.130. The highest BCUT2D eigenvalue weighted by Gasteiger charge is 2.27. The number of aliphatic carboxylic acids is 1. The van der Waals surface area contributed by atoms with Crippen molar-refractivity contribution in [3.05, 3.63) is 53.1 Å². The number of aliphatic hydroxyl groups is 1. The molecule has 0 heterocycles. The van der Waals surface area contributed by atoms with Gasteiger partial charge in [0.15, 0.2) is 0 Å². The summed E-state index contributed by atoms with van der Waals surface area (Å²) in [5.41, 5.74) is 0.618. The van der Waals surface area contributed by atoms with Crippen LogP contribution in [0.5, 0.6) is 11.5 Å². The number of carbonyl (C=O) groups excluding carboxylic acids is 1. The minimum atomic E-state index is -1.44. The molecule has 0 saturated carbocycles. The zero-order valence-corrected chi connectivity index (χ0v) is 21.1. The van der Waals surface area contributed by atoms with E-state index in [1.165, 1.54) is 25.6 Å². The number of aliphatic hydroxyl groups excluding tert-OH is 1. The van der Waals surface area contributed by atoms with Crippen molar-refractivity contribution >= 4 is 17.7 Å². The van der Waals surface area contributed by atoms with E-state index in [0.29, 0.717) is 22.8 Å². The van der Waals surface area contributed by atoms with E-state index in [4.69, 9.17) is 4.74 Å². The standard InChI is InChI=1S/C26H36O5S/c1-24(2,3)19-13-18(14-20(22(19)28)25(4,5)6)32-15-21(27)16-9-11-17(12-10-16)31-26(7,8)23(29)30/h9-14,21,27-28H,15H2,1-8H3,(H,29,30)/p-1. The minimum Gasteiger partial charge on any atom is -0.546 e. The number of ether oxygens (including phenoxy) is 1. The predicted octanol–water partition coefficient (Wildman–Crippen LogP) is 4.72. The van der Waals surface area contributed by atoms with E-state index in [2.05, 4.69) is 41.5 Å². The highest BCUT2D eigenvalue weighted by Crippen LogP contribution is 2.42. The Morgan fingerprint density at radius 1 is 0.969 bits per heavy atom. The molecule has 2 rings (SSSR count). The molecule has 0 fully saturated rings. The molecular weight excluding hydrogens is 424 g/mol. The first-order valence-electron chi connectivity index (χ1n) is 10.7. The molecule has 2 aromatic carbocycles. The lowest BCUT2D eigenvalue weighted by Gasteiger charge is -2.28. The van der Waals surface area contributed by atoms with Gasteiger partial charge in [0.1, 0.15) is 17.1 Å². The van der Waals surface area contributed by atoms with E-state index in [1.54, 1.807) is 24.3 Å². The first-order chi connectivity index (χ1) is 14.5. The van der Waals surface area contributed by atoms with Crippen LogP contribution in [-0.2, 0) is 15.6 Å². The second kappa shape index (κ2) is 9.36. The topological polar surface area (TPSA) is 89.8 Å². The fourth-order valence-corrected chi connectivity index (χ4v) is 4.15. The monoisotopic (exact) mass is 459 g/mol. The quantitative estimate of drug-likeness (QED) is 0.582. The van der Waals surface area contributed by atoms with E-state index in [9.17, 15) is 20.1 Å². The Morgan fingerprint density at radius 3 is 1.84 bits per heavy atom. The highest BCUT2D eigenvalue weighted by molar-refractivity contribution is 7.99. The van der Waals surface area contributed by atoms with Crippen LogP contribution in [0.15, 0.2) is 41.3 Å². The Morgan fingerprint density at radius 2 is 1.44 bits per heavy atom. The van der Waals surface area contributed by atoms with Crippen molar-refractivity contribution in [2.75, 3.05) is 5.75 Å². The third-order valence-corrected chi connectivity index (χ3v) is 6.29. The molecule has 1 atom stereocenters. The number of aromatic hydroxyl groups is 1. The zero-order valence-electron chi connectivity index (χ0n) is 20.3. The summed E-state index contributed by atoms with van der Waals surface area (Å²) in [4.78, 5) is 12.1. The number of benzene rings is 2. The van der Waals surface area contributed by atoms with Gasteiger partial charge in [-0.15, -0.1) is 11.8 Å². The molecule has 0 aliphatic heterocycles. The van der Waals surface area contributed by atoms with Crippen LogP contribution in [0.4, 0.5) is 0 Å². The molecular formula is C26H35O5S-. The summed E-state index contributed by atoms with van der Waals surface area (Å²) in [7, 11) is 0. The fourth-order valence-electron chi connectivity index (χ4n) is 3.20. The van der Waals surface area contributed by atoms with E-state index < -0.39 is 17.7 Å². The molecule has 5 nitrogen and oxygen atoms in total. The van der Waals surface area contributed by atoms with Crippen molar-refractivity contribution in [1.82, 2.24) is 0 Å². The molecule has 2 N–H and O–H groups in total. The first kappa shape index (κ1) is 26.1. The Kier molecular flexibility index (Phi) is 7.63. The Hall–Kier alpha value is -2.18. The molecule has 176 valence electrons. The van der Waals surface area contributed by atoms with Crippen molar-refractivity contribution in [2.24, 2.45) is 0 Å². The summed E-state index contributed by atoms with van der Waals surface area (Å²) in [6.45, 7) is 15.3. The summed E-state index contributed by atoms with van der Waals surface area (Å²) in [6, 6.07) is 10.7. The average molecular weight is 460 g/mol. The van der Waals surface area contributed by atoms with Crippen molar-refractivity contribution in [3.63, 3.8) is 0 Å². The number of carboxylic acids is 1. The van der Waals surface area contributed by atoms with Gasteiger partial charge in [0.25, 0.3) is 0 Å². The summed E-state index contributed by atoms with van der Waals surface area (Å²) < 4.78 is 5.46. The normalized spacial score (nSPS) is 13.7. The molecule has 0 aromatic heterocycles. The van der Waals surface area contributed by atoms with Crippen LogP contribution in [0, 0.1) is 0 Å². The van der Waals surface area contributed by atoms with E-state index >= 15 is 0 Å². The lowest BCUT2D eigenvalue weighted by atomic mass is 9.79. The molecule has 0 aliphatic rings. The lowest BCUT2D eigenvalue weighted by Crippen LogP contribution is -2.47. The number of carbonyl (C=O) groups is 1. The maximum Gasteiger partial charge on any atom is 0.143 e. The van der Waals surface area contributed by atoms with Gasteiger partial charge in [-0.1, -0.05) is 53.7 Å². The molecule has 2 aromatic rings. The maximum atomic E-state index is 11.1. The van der Waals surface area contributed by atoms with Gasteiger partial charge in [-0.3, -0.25) is 0 Å². The number of carboxylic acid groups (broad SMARTS) is 1. The molecule has 0 aliphatic carbocycles. The van der Waals surface area contributed by atoms with Gasteiger partial charge in [0, 0.05) is 21.8 Å². The number of thioether (sulfide) groups is 1. The van der Waals surface area contributed by atoms with Crippen molar-refractivity contribution in [2.45, 2.75) is 82.8 Å². The predicted molar refractivity (Wildman–Crippen MR) is 127 cm³/mol. The van der Waals surface area contributed by atoms with Crippen LogP contribution in [0.1, 0.15) is 78.2 Å². The zero-order chi connectivity index (χ0) is 24.5. The Bertz CT molecular complexity index is 915. The Labute approximate surface area is 195 Å². The lowest BCUT2D eigenvalue weighted by molar-refractivity contribution is -0.320. The van der Waals surface area contributed by atoms with E-state index in [-0.39, 0.29) is 10.8 Å². The number of phenolic OH excluding ortho intramolecular Hbond substituents is 1. The SMILES string of the molecule is CC(C)(Oc1ccc(C(O)CSc2cc(C(C)(C)C)c(O)c(C(C)(C)C)c2)cc1)C(=O)[O-]. The smallest absolute Gasteiger partial charge is 0.143 e. The maximum absolute atomic E-state index is 11.1. The van der Waals surface area contributed by atoms with Crippen molar-refractivity contribution in [1.29, 1.82) is 0 Å². The number of hydrogen-bond acceptors (Lipinski definition) is 6. The van der Waals surface area contributed by atoms with Crippen LogP contribution >= 0.6 is 11.8 Å². The number of phenols is 1. The van der Waals surface area contributed by atoms with Crippen LogP contribution in [0.3, 0.4) is 0 Å². The largest absolute Gasteiger partial charge is 0.546 e. The molecule has 1 unspecified atom stereocenters. The van der Waals surface area contributed by atoms with E-state index in [1.807, 2.05) is 12.1 Å². The third kappa shape index (κ3) is 6.42. The van der Waals surface area contributed by atoms with Crippen LogP contribution in [0.25, 0.3) is 0 Å². The van der Waals surface area contributed by atoms with Gasteiger partial charge in [-0.05, 0) is 54.5 Å². The van der Waals surface area contributed by atoms with Gasteiger partial charge >= 0.3 is 0 Å². The van der Waals surface area contributed by atoms with Gasteiger partial charge in [0.05, 0.1) is 12.1 Å². The third-order valence-electron chi connectivity index (χ3n) is 5.24. The second-order valence-electron chi connectivity index (χ2n) is 10.7. The summed E-state index contributed by atoms with van der Waals surface area (Å²) >= 11 is 1.53. The Balaban J connectivity index is 2.19. The van der Waals surface area contributed by atoms with Gasteiger partial charge in [-0.25, -0.2) is 0 Å². The first-order valence-corrected chi connectivity index (χ1v) is 11.7. The van der Waals surface area contributed by atoms with E-state index in [0.717, 1.165) is 16.0 Å². The fraction of sp³-hybridized carbons (Fsp3) is 0.500. The van der Waals surface area contributed by atoms with Crippen molar-refractivity contribution in [3.8, 4) is 11.5 Å². The van der Waals surface area contributed by atoms with Crippen molar-refractivity contribution < 1.29 is 24.9 Å². The molecule has 32 heavy (non-hydrogen) atoms. The van der Waals surface area contributed by atoms with Gasteiger partial charge < -0.3 is 24.9 Å². The summed E-state index contributed by atoms with van der Waals surface area (Å²) in [5, 5.41) is 32.7. The van der Waals surface area contributed by atoms with Gasteiger partial charge in [-0.2, -0.15) is 0 Å². The highest BCUT2D eigenvalue weighted by atomic mass is 32.2. The average Bonchev–Trinajstić information content (AvgIpc) is 2.65. The molecule has 0 spiro atoms. The molecule has 6 heteroatoms. The molecule has 0 saturated heterocycles. The number of hydrogen-bond donors (Lipinski definition) is 2. The van der Waals surface area contributed by atoms with Crippen LogP contribution < -0.4 is 9.84 Å². The summed E-state index contributed by atoms with van der Waals surface area (Å²) in [6.07, 6.45) is -0.715. The molecule has 0 amide bonds. The second-order valence-corrected chi connectivity index (χ2v) is 11.8. The van der Waals surface area contributed by atoms with Crippen LogP contribution in [-0.4, -0.2) is 27.5 Å². The molecule has 0 bridgehead atoms. The minimum absolute atomic E-state index is 0.214. The van der Waals surface area contributed by atoms with Gasteiger partial charge in [0.2, 0.25) is 0 Å². The molecule has 0 radical (unpaired) electrons.